The highest BCUT2D eigenvalue weighted by atomic mass is 31.2. The molecule has 6 atom stereocenters. The first kappa shape index (κ1) is 96.5. The molecule has 0 aromatic rings. The average Bonchev–Trinajstić information content (AvgIpc) is 1.25. The Morgan fingerprint density at radius 3 is 0.859 bits per heavy atom. The van der Waals surface area contributed by atoms with E-state index < -0.39 is 97.5 Å². The summed E-state index contributed by atoms with van der Waals surface area (Å²) in [6, 6.07) is 0. The van der Waals surface area contributed by atoms with Crippen molar-refractivity contribution < 1.29 is 80.2 Å². The van der Waals surface area contributed by atoms with Crippen molar-refractivity contribution in [3.8, 4) is 0 Å². The predicted octanol–water partition coefficient (Wildman–Crippen LogP) is 23.6. The number of allylic oxidation sites excluding steroid dienone is 4. The molecule has 0 aromatic carbocycles. The van der Waals surface area contributed by atoms with Crippen LogP contribution in [0.15, 0.2) is 24.3 Å². The Morgan fingerprint density at radius 1 is 0.323 bits per heavy atom. The minimum atomic E-state index is -4.96. The van der Waals surface area contributed by atoms with E-state index in [2.05, 4.69) is 58.9 Å². The Hall–Kier alpha value is -2.46. The van der Waals surface area contributed by atoms with E-state index in [9.17, 15) is 43.2 Å². The van der Waals surface area contributed by atoms with Crippen molar-refractivity contribution in [2.24, 2.45) is 5.92 Å². The highest BCUT2D eigenvalue weighted by molar-refractivity contribution is 7.47. The smallest absolute Gasteiger partial charge is 0.462 e. The number of phosphoric acid groups is 2. The number of carbonyl (C=O) groups excluding carboxylic acids is 4. The lowest BCUT2D eigenvalue weighted by Gasteiger charge is -2.21. The molecule has 0 heterocycles. The van der Waals surface area contributed by atoms with Crippen molar-refractivity contribution in [2.75, 3.05) is 39.6 Å². The van der Waals surface area contributed by atoms with Crippen LogP contribution in [0, 0.1) is 5.92 Å². The maximum absolute atomic E-state index is 13.1. The molecule has 17 nitrogen and oxygen atoms in total. The van der Waals surface area contributed by atoms with Crippen LogP contribution in [0.2, 0.25) is 0 Å². The first-order valence-electron chi connectivity index (χ1n) is 41.0. The van der Waals surface area contributed by atoms with Crippen molar-refractivity contribution in [2.45, 2.75) is 419 Å². The number of phosphoric ester groups is 2. The van der Waals surface area contributed by atoms with Gasteiger partial charge < -0.3 is 33.8 Å². The van der Waals surface area contributed by atoms with Gasteiger partial charge in [-0.1, -0.05) is 348 Å². The lowest BCUT2D eigenvalue weighted by molar-refractivity contribution is -0.161. The van der Waals surface area contributed by atoms with Crippen LogP contribution in [0.25, 0.3) is 0 Å². The highest BCUT2D eigenvalue weighted by Gasteiger charge is 2.30. The highest BCUT2D eigenvalue weighted by Crippen LogP contribution is 2.45. The number of hydrogen-bond acceptors (Lipinski definition) is 15. The maximum Gasteiger partial charge on any atom is 0.472 e. The van der Waals surface area contributed by atoms with Crippen LogP contribution in [0.1, 0.15) is 401 Å². The summed E-state index contributed by atoms with van der Waals surface area (Å²) in [4.78, 5) is 72.9. The molecule has 0 rings (SSSR count). The van der Waals surface area contributed by atoms with E-state index in [1.807, 2.05) is 0 Å². The zero-order valence-electron chi connectivity index (χ0n) is 64.1. The Bertz CT molecular complexity index is 1990. The van der Waals surface area contributed by atoms with Crippen molar-refractivity contribution in [1.29, 1.82) is 0 Å². The SMILES string of the molecule is CCCCCC/C=C\C=C/CCCCCCCC(=O)O[C@H](COC(=O)CCCCCCCCCCCC)COP(=O)(O)OC[C@H](O)COP(=O)(O)OC[C@@H](COC(=O)CCCCCCCCCCCCCCCCCC)OC(=O)CCCCCCCCCCCCCCCCC(C)CC. The van der Waals surface area contributed by atoms with Crippen molar-refractivity contribution in [1.82, 2.24) is 0 Å². The van der Waals surface area contributed by atoms with Crippen molar-refractivity contribution in [3.05, 3.63) is 24.3 Å². The predicted molar refractivity (Wildman–Crippen MR) is 404 cm³/mol. The summed E-state index contributed by atoms with van der Waals surface area (Å²) >= 11 is 0. The van der Waals surface area contributed by atoms with Gasteiger partial charge in [0.05, 0.1) is 26.4 Å². The molecule has 3 N–H and O–H groups in total. The van der Waals surface area contributed by atoms with Gasteiger partial charge in [-0.25, -0.2) is 9.13 Å². The van der Waals surface area contributed by atoms with Gasteiger partial charge in [0.15, 0.2) is 12.2 Å². The molecule has 0 radical (unpaired) electrons. The summed E-state index contributed by atoms with van der Waals surface area (Å²) in [6.07, 6.45) is 65.8. The minimum absolute atomic E-state index is 0.0855. The molecule has 0 aliphatic rings. The zero-order chi connectivity index (χ0) is 72.7. The van der Waals surface area contributed by atoms with Crippen LogP contribution in [0.3, 0.4) is 0 Å². The van der Waals surface area contributed by atoms with Gasteiger partial charge in [-0.3, -0.25) is 37.3 Å². The van der Waals surface area contributed by atoms with Crippen LogP contribution in [0.5, 0.6) is 0 Å². The molecule has 0 spiro atoms. The Kier molecular flexibility index (Phi) is 70.7. The van der Waals surface area contributed by atoms with Gasteiger partial charge in [-0.15, -0.1) is 0 Å². The Morgan fingerprint density at radius 2 is 0.566 bits per heavy atom. The lowest BCUT2D eigenvalue weighted by atomic mass is 9.99. The van der Waals surface area contributed by atoms with Gasteiger partial charge in [0.1, 0.15) is 19.3 Å². The van der Waals surface area contributed by atoms with E-state index in [-0.39, 0.29) is 25.7 Å². The van der Waals surface area contributed by atoms with E-state index in [4.69, 9.17) is 37.0 Å². The molecule has 0 saturated carbocycles. The molecule has 0 saturated heterocycles. The number of rotatable bonds is 78. The van der Waals surface area contributed by atoms with Gasteiger partial charge >= 0.3 is 39.5 Å². The van der Waals surface area contributed by atoms with E-state index in [0.29, 0.717) is 25.7 Å². The first-order chi connectivity index (χ1) is 48.1. The van der Waals surface area contributed by atoms with Crippen LogP contribution in [-0.2, 0) is 65.4 Å². The maximum atomic E-state index is 13.1. The summed E-state index contributed by atoms with van der Waals surface area (Å²) in [7, 11) is -9.93. The van der Waals surface area contributed by atoms with E-state index in [1.165, 1.54) is 212 Å². The molecule has 99 heavy (non-hydrogen) atoms. The largest absolute Gasteiger partial charge is 0.472 e. The van der Waals surface area contributed by atoms with Crippen LogP contribution in [-0.4, -0.2) is 96.7 Å². The normalized spacial score (nSPS) is 14.3. The molecule has 584 valence electrons. The minimum Gasteiger partial charge on any atom is -0.462 e. The third-order valence-electron chi connectivity index (χ3n) is 18.5. The summed E-state index contributed by atoms with van der Waals surface area (Å²) < 4.78 is 68.6. The third-order valence-corrected chi connectivity index (χ3v) is 20.4. The quantitative estimate of drug-likeness (QED) is 0.0169. The van der Waals surface area contributed by atoms with Crippen LogP contribution in [0.4, 0.5) is 0 Å². The number of unbranched alkanes of at least 4 members (excludes halogenated alkanes) is 46. The van der Waals surface area contributed by atoms with Gasteiger partial charge in [-0.05, 0) is 57.3 Å². The molecule has 0 amide bonds. The second kappa shape index (κ2) is 72.5. The fourth-order valence-electron chi connectivity index (χ4n) is 11.8. The summed E-state index contributed by atoms with van der Waals surface area (Å²) in [5, 5.41) is 10.6. The van der Waals surface area contributed by atoms with Crippen LogP contribution >= 0.6 is 15.6 Å². The molecule has 0 aliphatic heterocycles. The number of esters is 4. The van der Waals surface area contributed by atoms with E-state index in [1.54, 1.807) is 0 Å². The fraction of sp³-hybridized carbons (Fsp3) is 0.900. The molecule has 0 aliphatic carbocycles. The number of aliphatic hydroxyl groups excluding tert-OH is 1. The molecule has 0 bridgehead atoms. The number of carbonyl (C=O) groups is 4. The monoisotopic (exact) mass is 1450 g/mol. The second-order valence-electron chi connectivity index (χ2n) is 28.4. The molecule has 0 fully saturated rings. The third kappa shape index (κ3) is 72.3. The summed E-state index contributed by atoms with van der Waals surface area (Å²) in [6.45, 7) is 7.30. The lowest BCUT2D eigenvalue weighted by Crippen LogP contribution is -2.30. The Balaban J connectivity index is 5.28. The van der Waals surface area contributed by atoms with Gasteiger partial charge in [0.25, 0.3) is 0 Å². The van der Waals surface area contributed by atoms with E-state index in [0.717, 1.165) is 109 Å². The Labute approximate surface area is 605 Å². The van der Waals surface area contributed by atoms with Gasteiger partial charge in [0.2, 0.25) is 0 Å². The number of hydrogen-bond donors (Lipinski definition) is 3. The van der Waals surface area contributed by atoms with E-state index >= 15 is 0 Å². The number of ether oxygens (including phenoxy) is 4. The summed E-state index contributed by atoms with van der Waals surface area (Å²) in [5.41, 5.74) is 0. The standard InChI is InChI=1S/C80H152O17P2/c1-6-10-13-16-19-22-25-27-29-31-35-39-44-49-54-59-64-78(83)91-70-76(97-80(85)66-61-56-51-46-41-37-33-32-34-38-42-47-52-57-62-73(5)9-4)72-95-99(88,89)93-68-74(81)67-92-98(86,87)94-71-75(69-90-77(82)63-58-53-48-43-24-21-18-15-12-8-3)96-79(84)65-60-55-50-45-40-36-30-28-26-23-20-17-14-11-7-2/h23,26,28,30,73-76,81H,6-22,24-25,27,29,31-72H2,1-5H3,(H,86,87)(H,88,89)/b26-23-,30-28-/t73?,74-,75+,76+/m0/s1. The van der Waals surface area contributed by atoms with Crippen LogP contribution < -0.4 is 0 Å². The van der Waals surface area contributed by atoms with Crippen molar-refractivity contribution >= 4 is 39.5 Å². The molecule has 0 aromatic heterocycles. The number of aliphatic hydroxyl groups is 1. The van der Waals surface area contributed by atoms with Gasteiger partial charge in [-0.2, -0.15) is 0 Å². The first-order valence-corrected chi connectivity index (χ1v) is 44.0. The molecule has 3 unspecified atom stereocenters. The van der Waals surface area contributed by atoms with Crippen molar-refractivity contribution in [3.63, 3.8) is 0 Å². The zero-order valence-corrected chi connectivity index (χ0v) is 65.9. The molecule has 19 heteroatoms. The molecular weight excluding hydrogens is 1290 g/mol. The molecular formula is C80H152O17P2. The second-order valence-corrected chi connectivity index (χ2v) is 31.3. The average molecular weight is 1450 g/mol. The topological polar surface area (TPSA) is 237 Å². The summed E-state index contributed by atoms with van der Waals surface area (Å²) in [5.74, 6) is -1.29. The van der Waals surface area contributed by atoms with Gasteiger partial charge in [0, 0.05) is 25.7 Å². The fourth-order valence-corrected chi connectivity index (χ4v) is 13.4.